The van der Waals surface area contributed by atoms with Gasteiger partial charge in [-0.05, 0) is 19.1 Å². The molecule has 3 rings (SSSR count). The van der Waals surface area contributed by atoms with Crippen LogP contribution in [-0.2, 0) is 16.6 Å². The summed E-state index contributed by atoms with van der Waals surface area (Å²) in [4.78, 5) is 40.2. The second-order valence-electron chi connectivity index (χ2n) is 7.10. The molecule has 1 aliphatic heterocycles. The molecule has 0 bridgehead atoms. The SMILES string of the molecule is CCOC(=O)N1CCN(C(=O)CNC(=O)c2cc3cc(OC)c(OC)cc3n2C)CC1. The van der Waals surface area contributed by atoms with E-state index in [9.17, 15) is 14.4 Å². The maximum absolute atomic E-state index is 12.7. The third kappa shape index (κ3) is 4.68. The lowest BCUT2D eigenvalue weighted by Crippen LogP contribution is -2.52. The van der Waals surface area contributed by atoms with Crippen LogP contribution in [0, 0.1) is 0 Å². The van der Waals surface area contributed by atoms with Crippen LogP contribution in [0.25, 0.3) is 10.9 Å². The molecular weight excluding hydrogens is 404 g/mol. The van der Waals surface area contributed by atoms with Gasteiger partial charge in [0.1, 0.15) is 5.69 Å². The number of aromatic nitrogens is 1. The predicted octanol–water partition coefficient (Wildman–Crippen LogP) is 1.23. The van der Waals surface area contributed by atoms with Gasteiger partial charge in [0.15, 0.2) is 11.5 Å². The van der Waals surface area contributed by atoms with E-state index >= 15 is 0 Å². The molecule has 0 unspecified atom stereocenters. The highest BCUT2D eigenvalue weighted by molar-refractivity contribution is 6.00. The number of rotatable bonds is 6. The summed E-state index contributed by atoms with van der Waals surface area (Å²) in [5.74, 6) is 0.596. The van der Waals surface area contributed by atoms with Gasteiger partial charge in [0.25, 0.3) is 5.91 Å². The van der Waals surface area contributed by atoms with E-state index in [0.717, 1.165) is 10.9 Å². The highest BCUT2D eigenvalue weighted by atomic mass is 16.6. The number of carbonyl (C=O) groups is 3. The first-order valence-electron chi connectivity index (χ1n) is 10.1. The topological polar surface area (TPSA) is 102 Å². The van der Waals surface area contributed by atoms with E-state index < -0.39 is 0 Å². The molecule has 1 saturated heterocycles. The van der Waals surface area contributed by atoms with Crippen molar-refractivity contribution in [3.63, 3.8) is 0 Å². The molecule has 0 aliphatic carbocycles. The zero-order chi connectivity index (χ0) is 22.5. The van der Waals surface area contributed by atoms with E-state index in [1.54, 1.807) is 60.8 Å². The van der Waals surface area contributed by atoms with Crippen LogP contribution in [0.2, 0.25) is 0 Å². The lowest BCUT2D eigenvalue weighted by atomic mass is 10.2. The average Bonchev–Trinajstić information content (AvgIpc) is 3.11. The first kappa shape index (κ1) is 22.3. The van der Waals surface area contributed by atoms with Gasteiger partial charge in [-0.2, -0.15) is 0 Å². The van der Waals surface area contributed by atoms with Gasteiger partial charge in [-0.15, -0.1) is 0 Å². The van der Waals surface area contributed by atoms with Gasteiger partial charge >= 0.3 is 6.09 Å². The van der Waals surface area contributed by atoms with Crippen molar-refractivity contribution >= 4 is 28.8 Å². The molecule has 1 N–H and O–H groups in total. The zero-order valence-electron chi connectivity index (χ0n) is 18.3. The van der Waals surface area contributed by atoms with E-state index in [1.807, 2.05) is 0 Å². The van der Waals surface area contributed by atoms with E-state index in [1.165, 1.54) is 0 Å². The van der Waals surface area contributed by atoms with Gasteiger partial charge in [0.2, 0.25) is 5.91 Å². The Morgan fingerprint density at radius 3 is 2.19 bits per heavy atom. The first-order valence-corrected chi connectivity index (χ1v) is 10.1. The Labute approximate surface area is 180 Å². The van der Waals surface area contributed by atoms with Crippen LogP contribution in [0.5, 0.6) is 11.5 Å². The molecule has 2 aromatic rings. The lowest BCUT2D eigenvalue weighted by molar-refractivity contribution is -0.131. The van der Waals surface area contributed by atoms with Crippen LogP contribution in [0.3, 0.4) is 0 Å². The Bertz CT molecular complexity index is 978. The molecule has 1 aromatic heterocycles. The highest BCUT2D eigenvalue weighted by Gasteiger charge is 2.25. The molecule has 31 heavy (non-hydrogen) atoms. The molecule has 10 nitrogen and oxygen atoms in total. The molecule has 3 amide bonds. The molecule has 10 heteroatoms. The molecule has 0 saturated carbocycles. The van der Waals surface area contributed by atoms with Crippen molar-refractivity contribution in [2.45, 2.75) is 6.92 Å². The minimum atomic E-state index is -0.369. The van der Waals surface area contributed by atoms with E-state index in [0.29, 0.717) is 50.0 Å². The molecular formula is C21H28N4O6. The predicted molar refractivity (Wildman–Crippen MR) is 114 cm³/mol. The largest absolute Gasteiger partial charge is 0.493 e. The number of piperazine rings is 1. The van der Waals surface area contributed by atoms with Crippen molar-refractivity contribution in [1.82, 2.24) is 19.7 Å². The Hall–Kier alpha value is -3.43. The minimum absolute atomic E-state index is 0.119. The minimum Gasteiger partial charge on any atom is -0.493 e. The summed E-state index contributed by atoms with van der Waals surface area (Å²) < 4.78 is 17.4. The maximum Gasteiger partial charge on any atom is 0.409 e. The third-order valence-corrected chi connectivity index (χ3v) is 5.34. The molecule has 1 aromatic carbocycles. The van der Waals surface area contributed by atoms with Crippen molar-refractivity contribution in [1.29, 1.82) is 0 Å². The normalized spacial score (nSPS) is 13.8. The van der Waals surface area contributed by atoms with E-state index in [-0.39, 0.29) is 24.5 Å². The average molecular weight is 432 g/mol. The fraction of sp³-hybridized carbons (Fsp3) is 0.476. The fourth-order valence-corrected chi connectivity index (χ4v) is 3.59. The molecule has 0 atom stereocenters. The number of carbonyl (C=O) groups excluding carboxylic acids is 3. The Morgan fingerprint density at radius 1 is 0.968 bits per heavy atom. The van der Waals surface area contributed by atoms with Gasteiger partial charge in [-0.1, -0.05) is 0 Å². The number of methoxy groups -OCH3 is 2. The fourth-order valence-electron chi connectivity index (χ4n) is 3.59. The molecule has 2 heterocycles. The number of nitrogens with one attached hydrogen (secondary N) is 1. The summed E-state index contributed by atoms with van der Waals surface area (Å²) in [6.45, 7) is 3.58. The second kappa shape index (κ2) is 9.59. The summed E-state index contributed by atoms with van der Waals surface area (Å²) in [6.07, 6.45) is -0.369. The Balaban J connectivity index is 1.61. The first-order chi connectivity index (χ1) is 14.9. The van der Waals surface area contributed by atoms with Gasteiger partial charge in [-0.25, -0.2) is 4.79 Å². The van der Waals surface area contributed by atoms with E-state index in [4.69, 9.17) is 14.2 Å². The number of fused-ring (bicyclic) bond motifs is 1. The summed E-state index contributed by atoms with van der Waals surface area (Å²) in [7, 11) is 4.89. The van der Waals surface area contributed by atoms with Crippen LogP contribution >= 0.6 is 0 Å². The Kier molecular flexibility index (Phi) is 6.88. The molecule has 1 aliphatic rings. The lowest BCUT2D eigenvalue weighted by Gasteiger charge is -2.34. The zero-order valence-corrected chi connectivity index (χ0v) is 18.3. The quantitative estimate of drug-likeness (QED) is 0.737. The number of amides is 3. The van der Waals surface area contributed by atoms with Gasteiger partial charge in [-0.3, -0.25) is 9.59 Å². The number of hydrogen-bond donors (Lipinski definition) is 1. The van der Waals surface area contributed by atoms with Crippen molar-refractivity contribution in [2.24, 2.45) is 7.05 Å². The van der Waals surface area contributed by atoms with Gasteiger partial charge < -0.3 is 33.9 Å². The second-order valence-corrected chi connectivity index (χ2v) is 7.10. The summed E-state index contributed by atoms with van der Waals surface area (Å²) in [5, 5.41) is 3.52. The molecule has 168 valence electrons. The number of nitrogens with zero attached hydrogens (tertiary/aromatic N) is 3. The van der Waals surface area contributed by atoms with Crippen LogP contribution < -0.4 is 14.8 Å². The van der Waals surface area contributed by atoms with Crippen LogP contribution in [0.1, 0.15) is 17.4 Å². The standard InChI is InChI=1S/C21H28N4O6/c1-5-31-21(28)25-8-6-24(7-9-25)19(26)13-22-20(27)16-10-14-11-17(29-3)18(30-4)12-15(14)23(16)2/h10-12H,5-9,13H2,1-4H3,(H,22,27). The van der Waals surface area contributed by atoms with Crippen molar-refractivity contribution in [3.05, 3.63) is 23.9 Å². The molecule has 1 fully saturated rings. The number of benzene rings is 1. The maximum atomic E-state index is 12.7. The summed E-state index contributed by atoms with van der Waals surface area (Å²) in [5.41, 5.74) is 1.23. The van der Waals surface area contributed by atoms with Crippen molar-refractivity contribution in [2.75, 3.05) is 53.6 Å². The molecule has 0 spiro atoms. The number of aryl methyl sites for hydroxylation is 1. The van der Waals surface area contributed by atoms with Crippen LogP contribution in [-0.4, -0.2) is 85.8 Å². The summed E-state index contributed by atoms with van der Waals surface area (Å²) >= 11 is 0. The number of hydrogen-bond acceptors (Lipinski definition) is 6. The third-order valence-electron chi connectivity index (χ3n) is 5.34. The Morgan fingerprint density at radius 2 is 1.58 bits per heavy atom. The summed E-state index contributed by atoms with van der Waals surface area (Å²) in [6, 6.07) is 5.35. The van der Waals surface area contributed by atoms with Crippen molar-refractivity contribution < 1.29 is 28.6 Å². The van der Waals surface area contributed by atoms with E-state index in [2.05, 4.69) is 5.32 Å². The van der Waals surface area contributed by atoms with Crippen LogP contribution in [0.15, 0.2) is 18.2 Å². The smallest absolute Gasteiger partial charge is 0.409 e. The van der Waals surface area contributed by atoms with Crippen molar-refractivity contribution in [3.8, 4) is 11.5 Å². The van der Waals surface area contributed by atoms with Gasteiger partial charge in [0, 0.05) is 44.7 Å². The monoisotopic (exact) mass is 432 g/mol. The number of ether oxygens (including phenoxy) is 3. The highest BCUT2D eigenvalue weighted by Crippen LogP contribution is 2.33. The van der Waals surface area contributed by atoms with Crippen LogP contribution in [0.4, 0.5) is 4.79 Å². The van der Waals surface area contributed by atoms with Gasteiger partial charge in [0.05, 0.1) is 32.9 Å². The molecule has 0 radical (unpaired) electrons.